The van der Waals surface area contributed by atoms with Gasteiger partial charge in [0, 0.05) is 72.7 Å². The summed E-state index contributed by atoms with van der Waals surface area (Å²) in [7, 11) is -2.90. The smallest absolute Gasteiger partial charge is 0.385 e. The number of rotatable bonds is 14. The van der Waals surface area contributed by atoms with Gasteiger partial charge in [-0.1, -0.05) is 57.5 Å². The molecule has 0 atom stereocenters. The first kappa shape index (κ1) is 38.1. The lowest BCUT2D eigenvalue weighted by Gasteiger charge is -2.32. The van der Waals surface area contributed by atoms with Gasteiger partial charge >= 0.3 is 6.18 Å². The van der Waals surface area contributed by atoms with Crippen molar-refractivity contribution in [1.82, 2.24) is 14.1 Å². The molecule has 272 valence electrons. The molecule has 8 nitrogen and oxygen atoms in total. The van der Waals surface area contributed by atoms with Crippen LogP contribution >= 0.6 is 0 Å². The number of carbonyl (C=O) groups excluding carboxylic acids is 1. The molecule has 14 heteroatoms. The lowest BCUT2D eigenvalue weighted by Crippen LogP contribution is -2.33. The minimum absolute atomic E-state index is 0.00133. The number of ether oxygens (including phenoxy) is 3. The van der Waals surface area contributed by atoms with Crippen molar-refractivity contribution < 1.29 is 41.7 Å². The van der Waals surface area contributed by atoms with Gasteiger partial charge in [-0.3, -0.25) is 9.36 Å². The fourth-order valence-corrected chi connectivity index (χ4v) is 7.38. The van der Waals surface area contributed by atoms with Crippen LogP contribution in [0.2, 0.25) is 51.4 Å². The number of alkyl halides is 3. The van der Waals surface area contributed by atoms with Crippen molar-refractivity contribution in [3.63, 3.8) is 0 Å². The highest BCUT2D eigenvalue weighted by molar-refractivity contribution is 6.76. The molecule has 0 aliphatic carbocycles. The van der Waals surface area contributed by atoms with Crippen LogP contribution in [0.25, 0.3) is 22.6 Å². The summed E-state index contributed by atoms with van der Waals surface area (Å²) in [5.74, 6) is -1.20. The maximum atomic E-state index is 16.0. The van der Waals surface area contributed by atoms with E-state index in [1.165, 1.54) is 30.5 Å². The molecule has 0 saturated carbocycles. The maximum Gasteiger partial charge on any atom is 0.417 e. The van der Waals surface area contributed by atoms with Crippen LogP contribution in [0.1, 0.15) is 39.9 Å². The van der Waals surface area contributed by atoms with Crippen LogP contribution in [-0.4, -0.2) is 67.6 Å². The van der Waals surface area contributed by atoms with Gasteiger partial charge in [0.2, 0.25) is 0 Å². The largest absolute Gasteiger partial charge is 0.417 e. The number of hydrogen-bond acceptors (Lipinski definition) is 6. The summed E-state index contributed by atoms with van der Waals surface area (Å²) in [5.41, 5.74) is -1.65. The summed E-state index contributed by atoms with van der Waals surface area (Å²) >= 11 is 0. The third-order valence-electron chi connectivity index (χ3n) is 8.97. The van der Waals surface area contributed by atoms with Crippen molar-refractivity contribution in [2.75, 3.05) is 26.4 Å². The van der Waals surface area contributed by atoms with Gasteiger partial charge in [0.05, 0.1) is 22.4 Å². The molecule has 50 heavy (non-hydrogen) atoms. The third-order valence-corrected chi connectivity index (χ3v) is 12.4. The molecule has 1 fully saturated rings. The van der Waals surface area contributed by atoms with Gasteiger partial charge in [-0.15, -0.1) is 0 Å². The van der Waals surface area contributed by atoms with Gasteiger partial charge in [-0.25, -0.2) is 9.37 Å². The number of fused-ring (bicyclic) bond motifs is 1. The number of ketones is 1. The molecule has 2 aromatic carbocycles. The maximum absolute atomic E-state index is 16.0. The summed E-state index contributed by atoms with van der Waals surface area (Å²) in [4.78, 5) is 18.4. The molecule has 0 amide bonds. The first-order valence-electron chi connectivity index (χ1n) is 16.9. The predicted octanol–water partition coefficient (Wildman–Crippen LogP) is 8.52. The quantitative estimate of drug-likeness (QED) is 0.0606. The molecule has 1 saturated heterocycles. The van der Waals surface area contributed by atoms with Crippen LogP contribution in [0, 0.1) is 5.82 Å². The Morgan fingerprint density at radius 2 is 1.58 bits per heavy atom. The average Bonchev–Trinajstić information content (AvgIpc) is 3.62. The predicted molar refractivity (Wildman–Crippen MR) is 190 cm³/mol. The summed E-state index contributed by atoms with van der Waals surface area (Å²) in [6, 6.07) is 10.9. The van der Waals surface area contributed by atoms with Crippen molar-refractivity contribution >= 4 is 33.0 Å². The zero-order chi connectivity index (χ0) is 36.5. The molecule has 0 bridgehead atoms. The Morgan fingerprint density at radius 3 is 2.20 bits per heavy atom. The van der Waals surface area contributed by atoms with Gasteiger partial charge < -0.3 is 23.9 Å². The van der Waals surface area contributed by atoms with Crippen LogP contribution in [0.15, 0.2) is 48.7 Å². The minimum Gasteiger partial charge on any atom is -0.385 e. The van der Waals surface area contributed by atoms with Crippen molar-refractivity contribution in [3.05, 3.63) is 76.7 Å². The second-order valence-corrected chi connectivity index (χ2v) is 26.7. The van der Waals surface area contributed by atoms with Crippen LogP contribution in [0.4, 0.5) is 17.6 Å². The highest BCUT2D eigenvalue weighted by Crippen LogP contribution is 2.37. The van der Waals surface area contributed by atoms with Gasteiger partial charge in [-0.05, 0) is 41.9 Å². The van der Waals surface area contributed by atoms with E-state index in [1.807, 2.05) is 0 Å². The summed E-state index contributed by atoms with van der Waals surface area (Å²) in [6.07, 6.45) is -2.67. The highest BCUT2D eigenvalue weighted by atomic mass is 28.3. The van der Waals surface area contributed by atoms with Gasteiger partial charge in [0.1, 0.15) is 19.0 Å². The molecule has 3 heterocycles. The Hall–Kier alpha value is -3.15. The number of hydrogen-bond donors (Lipinski definition) is 1. The molecule has 2 aromatic heterocycles. The molecule has 0 spiro atoms. The Bertz CT molecular complexity index is 1820. The Labute approximate surface area is 292 Å². The molecule has 4 aromatic rings. The van der Waals surface area contributed by atoms with Crippen molar-refractivity contribution in [2.45, 2.75) is 89.5 Å². The number of halogens is 4. The fourth-order valence-electron chi connectivity index (χ4n) is 5.86. The SMILES string of the molecule is C[Si](C)(C)CCOCn1cc(C(=O)c2ccccc2C(F)(F)F)cc1-c1nc2c(F)cc(C3(O)CCOCC3)cc2n1COCC[Si](C)(C)C. The molecule has 1 aliphatic heterocycles. The minimum atomic E-state index is -4.73. The van der Waals surface area contributed by atoms with E-state index < -0.39 is 50.7 Å². The number of carbonyl (C=O) groups is 1. The first-order chi connectivity index (χ1) is 23.4. The monoisotopic (exact) mass is 733 g/mol. The second kappa shape index (κ2) is 14.8. The van der Waals surface area contributed by atoms with E-state index in [0.717, 1.165) is 24.2 Å². The average molecular weight is 734 g/mol. The number of benzene rings is 2. The van der Waals surface area contributed by atoms with E-state index in [2.05, 4.69) is 39.3 Å². The molecule has 0 radical (unpaired) electrons. The molecular formula is C36H47F4N3O5Si2. The van der Waals surface area contributed by atoms with E-state index in [0.29, 0.717) is 56.0 Å². The molecule has 1 aliphatic rings. The van der Waals surface area contributed by atoms with Gasteiger partial charge in [0.15, 0.2) is 17.4 Å². The topological polar surface area (TPSA) is 87.7 Å². The standard InChI is InChI=1S/C36H47F4N3O5Si2/c1-49(2,3)17-15-47-23-42-22-25(33(44)27-9-7-8-10-28(27)36(38,39)40)19-31(42)34-41-32-29(37)20-26(35(45)11-13-46-14-12-35)21-30(32)43(34)24-48-16-18-50(4,5)6/h7-10,19-22,45H,11-18,23-24H2,1-6H3. The molecule has 5 rings (SSSR count). The molecule has 1 N–H and O–H groups in total. The molecular weight excluding hydrogens is 687 g/mol. The first-order valence-corrected chi connectivity index (χ1v) is 24.4. The number of imidazole rings is 1. The fraction of sp³-hybridized carbons (Fsp3) is 0.500. The second-order valence-electron chi connectivity index (χ2n) is 15.5. The normalized spacial score (nSPS) is 15.6. The number of nitrogens with zero attached hydrogens (tertiary/aromatic N) is 3. The zero-order valence-corrected chi connectivity index (χ0v) is 31.6. The van der Waals surface area contributed by atoms with Gasteiger partial charge in [0.25, 0.3) is 0 Å². The lowest BCUT2D eigenvalue weighted by atomic mass is 9.86. The van der Waals surface area contributed by atoms with E-state index in [-0.39, 0.29) is 30.4 Å². The highest BCUT2D eigenvalue weighted by Gasteiger charge is 2.36. The van der Waals surface area contributed by atoms with Crippen molar-refractivity contribution in [2.24, 2.45) is 0 Å². The molecule has 0 unspecified atom stereocenters. The van der Waals surface area contributed by atoms with Crippen LogP contribution in [-0.2, 0) is 39.4 Å². The number of aliphatic hydroxyl groups is 1. The summed E-state index contributed by atoms with van der Waals surface area (Å²) < 4.78 is 78.7. The van der Waals surface area contributed by atoms with E-state index in [1.54, 1.807) is 15.2 Å². The van der Waals surface area contributed by atoms with E-state index >= 15 is 4.39 Å². The summed E-state index contributed by atoms with van der Waals surface area (Å²) in [6.45, 7) is 14.9. The number of aromatic nitrogens is 3. The third kappa shape index (κ3) is 9.01. The Balaban J connectivity index is 1.64. The van der Waals surface area contributed by atoms with E-state index in [4.69, 9.17) is 19.2 Å². The zero-order valence-electron chi connectivity index (χ0n) is 29.6. The van der Waals surface area contributed by atoms with Crippen LogP contribution in [0.3, 0.4) is 0 Å². The Kier molecular flexibility index (Phi) is 11.3. The van der Waals surface area contributed by atoms with Crippen LogP contribution in [0.5, 0.6) is 0 Å². The van der Waals surface area contributed by atoms with Crippen molar-refractivity contribution in [3.8, 4) is 11.5 Å². The van der Waals surface area contributed by atoms with Crippen molar-refractivity contribution in [1.29, 1.82) is 0 Å². The Morgan fingerprint density at radius 1 is 0.960 bits per heavy atom. The lowest BCUT2D eigenvalue weighted by molar-refractivity contribution is -0.137. The van der Waals surface area contributed by atoms with Gasteiger partial charge in [-0.2, -0.15) is 13.2 Å². The summed E-state index contributed by atoms with van der Waals surface area (Å²) in [5, 5.41) is 11.5. The van der Waals surface area contributed by atoms with E-state index in [9.17, 15) is 23.1 Å². The van der Waals surface area contributed by atoms with Crippen LogP contribution < -0.4 is 0 Å².